The third kappa shape index (κ3) is 8.18. The predicted octanol–water partition coefficient (Wildman–Crippen LogP) is 5.82. The summed E-state index contributed by atoms with van der Waals surface area (Å²) in [4.78, 5) is 4.83. The maximum atomic E-state index is 10.2. The molecule has 0 atom stereocenters. The van der Waals surface area contributed by atoms with Crippen molar-refractivity contribution in [1.29, 1.82) is 0 Å². The first-order chi connectivity index (χ1) is 24.9. The minimum Gasteiger partial charge on any atom is -0.423 e. The van der Waals surface area contributed by atoms with E-state index in [2.05, 4.69) is 88.7 Å². The van der Waals surface area contributed by atoms with E-state index in [1.165, 1.54) is 43.4 Å². The largest absolute Gasteiger partial charge is 0.488 e. The van der Waals surface area contributed by atoms with Crippen LogP contribution in [0.2, 0.25) is 0 Å². The molecule has 8 heteroatoms. The molecule has 0 heterocycles. The minimum absolute atomic E-state index is 0.544. The van der Waals surface area contributed by atoms with Gasteiger partial charge in [-0.05, 0) is 91.4 Å². The predicted molar refractivity (Wildman–Crippen MR) is 211 cm³/mol. The minimum atomic E-state index is -1.52. The van der Waals surface area contributed by atoms with E-state index in [9.17, 15) is 20.1 Å². The smallest absolute Gasteiger partial charge is 0.423 e. The number of benzene rings is 7. The number of hydrogen-bond donors (Lipinski definition) is 4. The highest BCUT2D eigenvalue weighted by molar-refractivity contribution is 6.59. The van der Waals surface area contributed by atoms with E-state index in [-0.39, 0.29) is 0 Å². The van der Waals surface area contributed by atoms with Crippen LogP contribution in [0.15, 0.2) is 133 Å². The van der Waals surface area contributed by atoms with Gasteiger partial charge >= 0.3 is 14.2 Å². The Morgan fingerprint density at radius 2 is 0.882 bits per heavy atom. The van der Waals surface area contributed by atoms with Crippen LogP contribution in [0.5, 0.6) is 0 Å². The van der Waals surface area contributed by atoms with Gasteiger partial charge < -0.3 is 20.1 Å². The third-order valence-electron chi connectivity index (χ3n) is 10.2. The number of unbranched alkanes of at least 4 members (excludes halogenated alkanes) is 2. The van der Waals surface area contributed by atoms with Crippen molar-refractivity contribution in [2.75, 3.05) is 13.1 Å². The van der Waals surface area contributed by atoms with Crippen LogP contribution < -0.4 is 10.9 Å². The maximum absolute atomic E-state index is 10.2. The fraction of sp³-hybridized carbons (Fsp3) is 0.209. The van der Waals surface area contributed by atoms with Gasteiger partial charge in [0.05, 0.1) is 0 Å². The number of nitrogens with zero attached hydrogens (tertiary/aromatic N) is 2. The van der Waals surface area contributed by atoms with Crippen molar-refractivity contribution in [3.05, 3.63) is 156 Å². The van der Waals surface area contributed by atoms with Crippen LogP contribution >= 0.6 is 0 Å². The zero-order valence-electron chi connectivity index (χ0n) is 28.9. The van der Waals surface area contributed by atoms with Gasteiger partial charge in [0, 0.05) is 26.2 Å². The van der Waals surface area contributed by atoms with Gasteiger partial charge in [-0.1, -0.05) is 140 Å². The summed E-state index contributed by atoms with van der Waals surface area (Å²) in [5.74, 6) is 0. The van der Waals surface area contributed by atoms with Crippen molar-refractivity contribution in [1.82, 2.24) is 9.80 Å². The van der Waals surface area contributed by atoms with Crippen molar-refractivity contribution in [2.45, 2.75) is 45.4 Å². The molecule has 0 aliphatic carbocycles. The van der Waals surface area contributed by atoms with Crippen LogP contribution in [-0.4, -0.2) is 57.2 Å². The van der Waals surface area contributed by atoms with E-state index in [1.54, 1.807) is 12.1 Å². The van der Waals surface area contributed by atoms with Crippen molar-refractivity contribution >= 4 is 57.5 Å². The van der Waals surface area contributed by atoms with Crippen molar-refractivity contribution in [3.63, 3.8) is 0 Å². The fourth-order valence-corrected chi connectivity index (χ4v) is 7.63. The van der Waals surface area contributed by atoms with E-state index in [0.29, 0.717) is 24.0 Å². The summed E-state index contributed by atoms with van der Waals surface area (Å²) in [7, 11) is -3.03. The number of rotatable bonds is 16. The highest BCUT2D eigenvalue weighted by Crippen LogP contribution is 2.36. The average molecular weight is 674 g/mol. The van der Waals surface area contributed by atoms with E-state index in [4.69, 9.17) is 0 Å². The normalized spacial score (nSPS) is 11.8. The lowest BCUT2D eigenvalue weighted by Crippen LogP contribution is -2.36. The quantitative estimate of drug-likeness (QED) is 0.0588. The van der Waals surface area contributed by atoms with Gasteiger partial charge in [0.1, 0.15) is 0 Å². The molecule has 51 heavy (non-hydrogen) atoms. The Bertz CT molecular complexity index is 2180. The molecule has 256 valence electrons. The summed E-state index contributed by atoms with van der Waals surface area (Å²) in [6.45, 7) is 4.48. The Hall–Kier alpha value is -4.53. The first-order valence-electron chi connectivity index (χ1n) is 18.0. The Labute approximate surface area is 300 Å². The number of hydrogen-bond acceptors (Lipinski definition) is 6. The molecule has 0 radical (unpaired) electrons. The first kappa shape index (κ1) is 34.9. The molecule has 6 nitrogen and oxygen atoms in total. The second kappa shape index (κ2) is 16.2. The molecule has 0 amide bonds. The molecule has 0 unspecified atom stereocenters. The average Bonchev–Trinajstić information content (AvgIpc) is 3.15. The maximum Gasteiger partial charge on any atom is 0.488 e. The monoisotopic (exact) mass is 674 g/mol. The van der Waals surface area contributed by atoms with Gasteiger partial charge in [0.2, 0.25) is 0 Å². The fourth-order valence-electron chi connectivity index (χ4n) is 7.63. The summed E-state index contributed by atoms with van der Waals surface area (Å²) < 4.78 is 0. The van der Waals surface area contributed by atoms with Gasteiger partial charge in [-0.25, -0.2) is 0 Å². The molecule has 0 aliphatic rings. The van der Waals surface area contributed by atoms with Crippen LogP contribution in [0.25, 0.3) is 32.3 Å². The summed E-state index contributed by atoms with van der Waals surface area (Å²) in [5.41, 5.74) is 5.43. The van der Waals surface area contributed by atoms with Crippen LogP contribution in [0, 0.1) is 0 Å². The van der Waals surface area contributed by atoms with Crippen LogP contribution in [0.3, 0.4) is 0 Å². The van der Waals surface area contributed by atoms with E-state index < -0.39 is 14.2 Å². The molecule has 7 aromatic rings. The molecule has 0 saturated heterocycles. The Balaban J connectivity index is 1.08. The van der Waals surface area contributed by atoms with E-state index in [1.807, 2.05) is 42.5 Å². The van der Waals surface area contributed by atoms with E-state index in [0.717, 1.165) is 56.6 Å². The lowest BCUT2D eigenvalue weighted by Gasteiger charge is -2.26. The molecule has 0 aliphatic heterocycles. The third-order valence-corrected chi connectivity index (χ3v) is 10.2. The molecule has 0 bridgehead atoms. The molecule has 0 saturated carbocycles. The van der Waals surface area contributed by atoms with Gasteiger partial charge in [-0.3, -0.25) is 9.80 Å². The second-order valence-corrected chi connectivity index (χ2v) is 13.7. The van der Waals surface area contributed by atoms with Crippen molar-refractivity contribution < 1.29 is 20.1 Å². The van der Waals surface area contributed by atoms with Gasteiger partial charge in [0.25, 0.3) is 0 Å². The van der Waals surface area contributed by atoms with Crippen molar-refractivity contribution in [2.24, 2.45) is 0 Å². The SMILES string of the molecule is OB(O)c1ccccc1CN(CCCCCN(Cc1ccccc1B(O)O)Cc1ccc2ccc3cccc4ccc1c2c34)Cc1ccccc1. The van der Waals surface area contributed by atoms with Crippen LogP contribution in [0.1, 0.15) is 41.5 Å². The van der Waals surface area contributed by atoms with Crippen LogP contribution in [-0.2, 0) is 26.2 Å². The summed E-state index contributed by atoms with van der Waals surface area (Å²) >= 11 is 0. The molecule has 4 N–H and O–H groups in total. The Morgan fingerprint density at radius 1 is 0.392 bits per heavy atom. The lowest BCUT2D eigenvalue weighted by atomic mass is 9.77. The topological polar surface area (TPSA) is 87.4 Å². The molecule has 0 fully saturated rings. The molecular weight excluding hydrogens is 630 g/mol. The molecule has 0 spiro atoms. The Kier molecular flexibility index (Phi) is 11.1. The highest BCUT2D eigenvalue weighted by atomic mass is 16.4. The standard InChI is InChI=1S/C43H44B2N2O4/c48-44(49)40-18-7-5-14-37(40)30-46(28-32-12-3-1-4-13-32)26-9-2-10-27-47(31-38-15-6-8-19-41(38)45(50)51)29-36-23-22-35-21-20-33-16-11-17-34-24-25-39(36)43(35)42(33)34/h1,3-8,11-25,48-51H,2,9-10,26-31H2. The lowest BCUT2D eigenvalue weighted by molar-refractivity contribution is 0.234. The van der Waals surface area contributed by atoms with Crippen molar-refractivity contribution in [3.8, 4) is 0 Å². The van der Waals surface area contributed by atoms with Gasteiger partial charge in [-0.2, -0.15) is 0 Å². The molecule has 7 rings (SSSR count). The van der Waals surface area contributed by atoms with Crippen LogP contribution in [0.4, 0.5) is 0 Å². The molecular formula is C43H44B2N2O4. The van der Waals surface area contributed by atoms with E-state index >= 15 is 0 Å². The molecule has 7 aromatic carbocycles. The summed E-state index contributed by atoms with van der Waals surface area (Å²) in [6, 6.07) is 45.5. The van der Waals surface area contributed by atoms with Gasteiger partial charge in [-0.15, -0.1) is 0 Å². The van der Waals surface area contributed by atoms with Gasteiger partial charge in [0.15, 0.2) is 0 Å². The second-order valence-electron chi connectivity index (χ2n) is 13.7. The molecule has 0 aromatic heterocycles. The Morgan fingerprint density at radius 3 is 1.49 bits per heavy atom. The first-order valence-corrected chi connectivity index (χ1v) is 18.0. The zero-order chi connectivity index (χ0) is 35.2. The summed E-state index contributed by atoms with van der Waals surface area (Å²) in [5, 5.41) is 48.0. The highest BCUT2D eigenvalue weighted by Gasteiger charge is 2.20. The zero-order valence-corrected chi connectivity index (χ0v) is 28.9. The summed E-state index contributed by atoms with van der Waals surface area (Å²) in [6.07, 6.45) is 3.00.